The highest BCUT2D eigenvalue weighted by atomic mass is 32.2. The summed E-state index contributed by atoms with van der Waals surface area (Å²) >= 11 is 0. The van der Waals surface area contributed by atoms with Crippen molar-refractivity contribution in [2.75, 3.05) is 4.90 Å². The van der Waals surface area contributed by atoms with Crippen LogP contribution in [0.5, 0.6) is 0 Å². The van der Waals surface area contributed by atoms with Crippen LogP contribution in [-0.2, 0) is 10.0 Å². The normalized spacial score (nSPS) is 17.5. The molecule has 0 saturated carbocycles. The molecule has 0 saturated heterocycles. The fourth-order valence-electron chi connectivity index (χ4n) is 4.38. The largest absolute Gasteiger partial charge is 0.327 e. The van der Waals surface area contributed by atoms with Gasteiger partial charge in [0.2, 0.25) is 0 Å². The van der Waals surface area contributed by atoms with Gasteiger partial charge in [-0.3, -0.25) is 0 Å². The molecule has 0 amide bonds. The van der Waals surface area contributed by atoms with Crippen molar-refractivity contribution >= 4 is 21.4 Å². The molecule has 3 aromatic rings. The summed E-state index contributed by atoms with van der Waals surface area (Å²) < 4.78 is 29.4. The number of hydrogen-bond acceptors (Lipinski definition) is 3. The topological polar surface area (TPSA) is 40.6 Å². The summed E-state index contributed by atoms with van der Waals surface area (Å²) in [6.07, 6.45) is 11.5. The molecule has 35 heavy (non-hydrogen) atoms. The van der Waals surface area contributed by atoms with Crippen LogP contribution in [0.1, 0.15) is 22.3 Å². The van der Waals surface area contributed by atoms with Crippen molar-refractivity contribution in [3.05, 3.63) is 137 Å². The minimum absolute atomic E-state index is 0.267. The lowest BCUT2D eigenvalue weighted by atomic mass is 10.0. The zero-order chi connectivity index (χ0) is 24.6. The summed E-state index contributed by atoms with van der Waals surface area (Å²) in [6.45, 7) is 6.06. The van der Waals surface area contributed by atoms with Gasteiger partial charge in [0.1, 0.15) is 0 Å². The highest BCUT2D eigenvalue weighted by Crippen LogP contribution is 2.40. The monoisotopic (exact) mass is 480 g/mol. The minimum Gasteiger partial charge on any atom is -0.327 e. The van der Waals surface area contributed by atoms with Crippen molar-refractivity contribution in [3.8, 4) is 0 Å². The molecule has 0 bridgehead atoms. The Balaban J connectivity index is 1.76. The second-order valence-corrected chi connectivity index (χ2v) is 10.8. The first kappa shape index (κ1) is 22.9. The van der Waals surface area contributed by atoms with Gasteiger partial charge in [-0.1, -0.05) is 89.5 Å². The van der Waals surface area contributed by atoms with Crippen molar-refractivity contribution in [1.82, 2.24) is 4.31 Å². The van der Waals surface area contributed by atoms with Gasteiger partial charge in [-0.05, 0) is 56.7 Å². The molecule has 0 aromatic heterocycles. The molecule has 176 valence electrons. The van der Waals surface area contributed by atoms with E-state index in [4.69, 9.17) is 0 Å². The summed E-state index contributed by atoms with van der Waals surface area (Å²) in [5.41, 5.74) is 6.77. The lowest BCUT2D eigenvalue weighted by molar-refractivity contribution is 0.522. The van der Waals surface area contributed by atoms with Crippen LogP contribution < -0.4 is 4.90 Å². The summed E-state index contributed by atoms with van der Waals surface area (Å²) in [5.74, 6) is 0. The number of hydrogen-bond donors (Lipinski definition) is 0. The van der Waals surface area contributed by atoms with E-state index in [2.05, 4.69) is 48.2 Å². The Kier molecular flexibility index (Phi) is 5.95. The van der Waals surface area contributed by atoms with Gasteiger partial charge >= 0.3 is 0 Å². The van der Waals surface area contributed by atoms with Crippen molar-refractivity contribution in [3.63, 3.8) is 0 Å². The first-order valence-electron chi connectivity index (χ1n) is 11.7. The van der Waals surface area contributed by atoms with Crippen LogP contribution >= 0.6 is 0 Å². The van der Waals surface area contributed by atoms with E-state index >= 15 is 0 Å². The maximum Gasteiger partial charge on any atom is 0.267 e. The third-order valence-electron chi connectivity index (χ3n) is 6.35. The molecule has 0 fully saturated rings. The van der Waals surface area contributed by atoms with E-state index in [0.717, 1.165) is 28.1 Å². The van der Waals surface area contributed by atoms with E-state index in [1.807, 2.05) is 68.5 Å². The van der Waals surface area contributed by atoms with Crippen LogP contribution in [0.3, 0.4) is 0 Å². The van der Waals surface area contributed by atoms with Gasteiger partial charge in [0.15, 0.2) is 0 Å². The highest BCUT2D eigenvalue weighted by molar-refractivity contribution is 7.89. The Morgan fingerprint density at radius 1 is 0.686 bits per heavy atom. The minimum atomic E-state index is -3.83. The van der Waals surface area contributed by atoms with Crippen LogP contribution in [0, 0.1) is 20.8 Å². The van der Waals surface area contributed by atoms with Crippen molar-refractivity contribution in [2.24, 2.45) is 0 Å². The zero-order valence-electron chi connectivity index (χ0n) is 20.1. The van der Waals surface area contributed by atoms with E-state index in [0.29, 0.717) is 5.70 Å². The number of rotatable bonds is 4. The third-order valence-corrected chi connectivity index (χ3v) is 8.06. The second-order valence-electron chi connectivity index (χ2n) is 9.01. The molecule has 0 radical (unpaired) electrons. The van der Waals surface area contributed by atoms with Gasteiger partial charge in [0, 0.05) is 11.9 Å². The van der Waals surface area contributed by atoms with Gasteiger partial charge in [0.05, 0.1) is 22.3 Å². The first-order valence-corrected chi connectivity index (χ1v) is 13.1. The predicted octanol–water partition coefficient (Wildman–Crippen LogP) is 6.50. The molecular formula is C30H28N2O2S. The van der Waals surface area contributed by atoms with Gasteiger partial charge in [0.25, 0.3) is 10.0 Å². The number of aryl methyl sites for hydroxylation is 3. The smallest absolute Gasteiger partial charge is 0.267 e. The third kappa shape index (κ3) is 4.35. The molecule has 1 atom stereocenters. The summed E-state index contributed by atoms with van der Waals surface area (Å²) in [6, 6.07) is 23.2. The molecule has 0 N–H and O–H groups in total. The molecule has 2 aliphatic rings. The van der Waals surface area contributed by atoms with Gasteiger partial charge < -0.3 is 4.90 Å². The maximum atomic E-state index is 14.0. The average molecular weight is 481 g/mol. The van der Waals surface area contributed by atoms with Crippen molar-refractivity contribution < 1.29 is 8.42 Å². The number of nitrogens with zero attached hydrogens (tertiary/aromatic N) is 2. The number of fused-ring (bicyclic) bond motifs is 1. The second kappa shape index (κ2) is 9.08. The summed E-state index contributed by atoms with van der Waals surface area (Å²) in [7, 11) is -3.83. The molecular weight excluding hydrogens is 452 g/mol. The van der Waals surface area contributed by atoms with Gasteiger partial charge in [-0.25, -0.2) is 12.7 Å². The number of benzene rings is 3. The Bertz CT molecular complexity index is 1460. The van der Waals surface area contributed by atoms with E-state index in [-0.39, 0.29) is 10.9 Å². The summed E-state index contributed by atoms with van der Waals surface area (Å²) in [5, 5.41) is 0. The molecule has 1 unspecified atom stereocenters. The first-order chi connectivity index (χ1) is 16.8. The van der Waals surface area contributed by atoms with Crippen LogP contribution in [0.15, 0.2) is 120 Å². The van der Waals surface area contributed by atoms with E-state index in [1.165, 1.54) is 9.87 Å². The maximum absolute atomic E-state index is 14.0. The fourth-order valence-corrected chi connectivity index (χ4v) is 5.77. The molecule has 1 aliphatic heterocycles. The van der Waals surface area contributed by atoms with Crippen molar-refractivity contribution in [1.29, 1.82) is 0 Å². The Labute approximate surface area is 207 Å². The highest BCUT2D eigenvalue weighted by Gasteiger charge is 2.38. The summed E-state index contributed by atoms with van der Waals surface area (Å²) in [4.78, 5) is 2.48. The van der Waals surface area contributed by atoms with E-state index in [1.54, 1.807) is 18.3 Å². The predicted molar refractivity (Wildman–Crippen MR) is 143 cm³/mol. The van der Waals surface area contributed by atoms with Crippen LogP contribution in [0.2, 0.25) is 0 Å². The van der Waals surface area contributed by atoms with Crippen LogP contribution in [-0.4, -0.2) is 18.8 Å². The fraction of sp³-hybridized carbons (Fsp3) is 0.133. The molecule has 3 aromatic carbocycles. The lowest BCUT2D eigenvalue weighted by Gasteiger charge is -2.43. The quantitative estimate of drug-likeness (QED) is 0.428. The van der Waals surface area contributed by atoms with Crippen molar-refractivity contribution in [2.45, 2.75) is 31.7 Å². The Hall–Kier alpha value is -3.83. The SMILES string of the molecule is Cc1ccc(C2=CN(S(=O)(=O)c3ccc(C)cc3)C3=CC=CC=CC3N2c2ccc(C)cc2)cc1. The molecule has 5 heteroatoms. The number of allylic oxidation sites excluding steroid dienone is 4. The number of anilines is 1. The van der Waals surface area contributed by atoms with Gasteiger partial charge in [-0.15, -0.1) is 0 Å². The molecule has 5 rings (SSSR count). The van der Waals surface area contributed by atoms with Gasteiger partial charge in [-0.2, -0.15) is 0 Å². The molecule has 0 spiro atoms. The Morgan fingerprint density at radius 3 is 1.89 bits per heavy atom. The average Bonchev–Trinajstić information content (AvgIpc) is 3.10. The molecule has 1 aliphatic carbocycles. The standard InChI is InChI=1S/C30H28N2O2S/c1-22-9-15-25(16-10-22)30-21-31(35(33,34)27-19-13-24(3)14-20-27)28-7-5-4-6-8-29(28)32(30)26-17-11-23(2)12-18-26/h4-21,29H,1-3H3. The zero-order valence-corrected chi connectivity index (χ0v) is 20.9. The van der Waals surface area contributed by atoms with Crippen LogP contribution in [0.25, 0.3) is 5.70 Å². The number of sulfonamides is 1. The van der Waals surface area contributed by atoms with E-state index in [9.17, 15) is 8.42 Å². The van der Waals surface area contributed by atoms with E-state index < -0.39 is 10.0 Å². The molecule has 4 nitrogen and oxygen atoms in total. The Morgan fingerprint density at radius 2 is 1.26 bits per heavy atom. The molecule has 1 heterocycles. The van der Waals surface area contributed by atoms with Crippen LogP contribution in [0.4, 0.5) is 5.69 Å². The lowest BCUT2D eigenvalue weighted by Crippen LogP contribution is -2.45.